The molecule has 1 fully saturated rings. The van der Waals surface area contributed by atoms with Crippen LogP contribution in [0.1, 0.15) is 44.2 Å². The van der Waals surface area contributed by atoms with Crippen molar-refractivity contribution in [1.82, 2.24) is 15.5 Å². The molecule has 26 heavy (non-hydrogen) atoms. The van der Waals surface area contributed by atoms with Gasteiger partial charge in [0.25, 0.3) is 0 Å². The average molecular weight is 361 g/mol. The van der Waals surface area contributed by atoms with Gasteiger partial charge in [-0.05, 0) is 38.3 Å². The van der Waals surface area contributed by atoms with Crippen molar-refractivity contribution in [1.29, 1.82) is 0 Å². The largest absolute Gasteiger partial charge is 0.493 e. The molecule has 3 N–H and O–H groups in total. The molecule has 1 unspecified atom stereocenters. The fourth-order valence-electron chi connectivity index (χ4n) is 3.74. The lowest BCUT2D eigenvalue weighted by Crippen LogP contribution is -2.56. The van der Waals surface area contributed by atoms with Crippen LogP contribution in [0.2, 0.25) is 0 Å². The highest BCUT2D eigenvalue weighted by molar-refractivity contribution is 5.75. The summed E-state index contributed by atoms with van der Waals surface area (Å²) in [6.45, 7) is 3.38. The number of hydrogen-bond acceptors (Lipinski definition) is 4. The Bertz CT molecular complexity index is 645. The third-order valence-corrected chi connectivity index (χ3v) is 5.20. The Morgan fingerprint density at radius 3 is 2.77 bits per heavy atom. The molecular weight excluding hydrogens is 334 g/mol. The Morgan fingerprint density at radius 1 is 1.27 bits per heavy atom. The number of carbonyl (C=O) groups excluding carboxylic acids is 1. The van der Waals surface area contributed by atoms with Gasteiger partial charge in [-0.25, -0.2) is 4.79 Å². The standard InChI is InChI=1S/C19H27N3O4/c1-2-22(12-18(23)24)14-10-13(11-14)20-19(25)21-16-7-5-9-26-17-8-4-3-6-15(16)17/h3-4,6,8,13-14,16H,2,5,7,9-12H2,1H3,(H,23,24)(H2,20,21,25). The van der Waals surface area contributed by atoms with Crippen LogP contribution in [0, 0.1) is 0 Å². The summed E-state index contributed by atoms with van der Waals surface area (Å²) >= 11 is 0. The Hall–Kier alpha value is -2.28. The Balaban J connectivity index is 1.49. The number of nitrogens with zero attached hydrogens (tertiary/aromatic N) is 1. The van der Waals surface area contributed by atoms with Crippen molar-refractivity contribution in [3.63, 3.8) is 0 Å². The van der Waals surface area contributed by atoms with Gasteiger partial charge >= 0.3 is 12.0 Å². The van der Waals surface area contributed by atoms with Crippen LogP contribution in [0.25, 0.3) is 0 Å². The number of hydrogen-bond donors (Lipinski definition) is 3. The summed E-state index contributed by atoms with van der Waals surface area (Å²) in [6.07, 6.45) is 3.32. The molecule has 3 rings (SSSR count). The van der Waals surface area contributed by atoms with E-state index in [4.69, 9.17) is 9.84 Å². The number of fused-ring (bicyclic) bond motifs is 1. The highest BCUT2D eigenvalue weighted by atomic mass is 16.5. The average Bonchev–Trinajstić information content (AvgIpc) is 2.78. The molecule has 2 aliphatic rings. The molecule has 7 nitrogen and oxygen atoms in total. The lowest BCUT2D eigenvalue weighted by atomic mass is 9.85. The van der Waals surface area contributed by atoms with E-state index < -0.39 is 5.97 Å². The highest BCUT2D eigenvalue weighted by Crippen LogP contribution is 2.31. The van der Waals surface area contributed by atoms with Crippen LogP contribution in [0.15, 0.2) is 24.3 Å². The SMILES string of the molecule is CCN(CC(=O)O)C1CC(NC(=O)NC2CCCOc3ccccc32)C1. The predicted molar refractivity (Wildman–Crippen MR) is 97.3 cm³/mol. The van der Waals surface area contributed by atoms with Gasteiger partial charge in [-0.2, -0.15) is 0 Å². The minimum Gasteiger partial charge on any atom is -0.493 e. The third kappa shape index (κ3) is 4.46. The zero-order valence-electron chi connectivity index (χ0n) is 15.1. The number of ether oxygens (including phenoxy) is 1. The summed E-state index contributed by atoms with van der Waals surface area (Å²) in [6, 6.07) is 7.93. The summed E-state index contributed by atoms with van der Waals surface area (Å²) in [5.41, 5.74) is 1.02. The molecule has 0 spiro atoms. The number of urea groups is 1. The van der Waals surface area contributed by atoms with E-state index in [9.17, 15) is 9.59 Å². The number of amides is 2. The van der Waals surface area contributed by atoms with Crippen molar-refractivity contribution < 1.29 is 19.4 Å². The van der Waals surface area contributed by atoms with Crippen LogP contribution in [0.3, 0.4) is 0 Å². The van der Waals surface area contributed by atoms with E-state index >= 15 is 0 Å². The van der Waals surface area contributed by atoms with Crippen LogP contribution in [0.4, 0.5) is 4.79 Å². The summed E-state index contributed by atoms with van der Waals surface area (Å²) in [5, 5.41) is 15.0. The second-order valence-electron chi connectivity index (χ2n) is 6.98. The van der Waals surface area contributed by atoms with Gasteiger partial charge in [0.15, 0.2) is 0 Å². The molecule has 7 heteroatoms. The lowest BCUT2D eigenvalue weighted by Gasteiger charge is -2.42. The third-order valence-electron chi connectivity index (χ3n) is 5.20. The number of benzene rings is 1. The molecule has 0 saturated heterocycles. The fraction of sp³-hybridized carbons (Fsp3) is 0.579. The normalized spacial score (nSPS) is 24.6. The van der Waals surface area contributed by atoms with E-state index in [1.807, 2.05) is 36.1 Å². The number of likely N-dealkylation sites (N-methyl/N-ethyl adjacent to an activating group) is 1. The lowest BCUT2D eigenvalue weighted by molar-refractivity contribution is -0.139. The quantitative estimate of drug-likeness (QED) is 0.722. The number of carbonyl (C=O) groups is 2. The zero-order chi connectivity index (χ0) is 18.5. The molecule has 1 saturated carbocycles. The van der Waals surface area contributed by atoms with Crippen LogP contribution < -0.4 is 15.4 Å². The Kier molecular flexibility index (Phi) is 5.98. The molecule has 1 aromatic rings. The first kappa shape index (κ1) is 18.5. The monoisotopic (exact) mass is 361 g/mol. The molecule has 1 atom stereocenters. The molecular formula is C19H27N3O4. The second-order valence-corrected chi connectivity index (χ2v) is 6.98. The van der Waals surface area contributed by atoms with E-state index in [1.165, 1.54) is 0 Å². The first-order valence-electron chi connectivity index (χ1n) is 9.31. The minimum absolute atomic E-state index is 0.0521. The minimum atomic E-state index is -0.810. The van der Waals surface area contributed by atoms with E-state index in [0.29, 0.717) is 13.2 Å². The molecule has 142 valence electrons. The van der Waals surface area contributed by atoms with Gasteiger partial charge in [-0.1, -0.05) is 25.1 Å². The summed E-state index contributed by atoms with van der Waals surface area (Å²) in [7, 11) is 0. The molecule has 0 radical (unpaired) electrons. The highest BCUT2D eigenvalue weighted by Gasteiger charge is 2.35. The molecule has 0 aromatic heterocycles. The maximum Gasteiger partial charge on any atom is 0.317 e. The van der Waals surface area contributed by atoms with Crippen molar-refractivity contribution in [2.45, 2.75) is 50.7 Å². The summed E-state index contributed by atoms with van der Waals surface area (Å²) < 4.78 is 5.73. The van der Waals surface area contributed by atoms with Gasteiger partial charge in [-0.3, -0.25) is 9.69 Å². The van der Waals surface area contributed by atoms with Gasteiger partial charge in [0.1, 0.15) is 5.75 Å². The number of nitrogens with one attached hydrogen (secondary N) is 2. The van der Waals surface area contributed by atoms with E-state index in [2.05, 4.69) is 10.6 Å². The van der Waals surface area contributed by atoms with E-state index in [-0.39, 0.29) is 30.7 Å². The van der Waals surface area contributed by atoms with Crippen molar-refractivity contribution in [2.75, 3.05) is 19.7 Å². The van der Waals surface area contributed by atoms with Gasteiger partial charge < -0.3 is 20.5 Å². The second kappa shape index (κ2) is 8.40. The number of carboxylic acids is 1. The Labute approximate surface area is 153 Å². The summed E-state index contributed by atoms with van der Waals surface area (Å²) in [4.78, 5) is 25.2. The first-order chi connectivity index (χ1) is 12.6. The molecule has 1 aliphatic heterocycles. The molecule has 1 aromatic carbocycles. The van der Waals surface area contributed by atoms with Crippen molar-refractivity contribution >= 4 is 12.0 Å². The van der Waals surface area contributed by atoms with Crippen molar-refractivity contribution in [3.05, 3.63) is 29.8 Å². The van der Waals surface area contributed by atoms with Crippen molar-refractivity contribution in [3.8, 4) is 5.75 Å². The Morgan fingerprint density at radius 2 is 2.04 bits per heavy atom. The van der Waals surface area contributed by atoms with Gasteiger partial charge in [0.2, 0.25) is 0 Å². The van der Waals surface area contributed by atoms with Crippen molar-refractivity contribution in [2.24, 2.45) is 0 Å². The first-order valence-corrected chi connectivity index (χ1v) is 9.31. The van der Waals surface area contributed by atoms with Crippen LogP contribution >= 0.6 is 0 Å². The van der Waals surface area contributed by atoms with Gasteiger partial charge in [0.05, 0.1) is 19.2 Å². The van der Waals surface area contributed by atoms with Crippen LogP contribution in [-0.2, 0) is 4.79 Å². The van der Waals surface area contributed by atoms with Crippen LogP contribution in [-0.4, -0.2) is 53.8 Å². The maximum absolute atomic E-state index is 12.4. The molecule has 1 heterocycles. The maximum atomic E-state index is 12.4. The molecule has 2 amide bonds. The molecule has 0 bridgehead atoms. The van der Waals surface area contributed by atoms with Crippen LogP contribution in [0.5, 0.6) is 5.75 Å². The van der Waals surface area contributed by atoms with Gasteiger partial charge in [-0.15, -0.1) is 0 Å². The summed E-state index contributed by atoms with van der Waals surface area (Å²) in [5.74, 6) is 0.0292. The number of carboxylic acid groups (broad SMARTS) is 1. The topological polar surface area (TPSA) is 90.9 Å². The number of rotatable bonds is 6. The smallest absolute Gasteiger partial charge is 0.317 e. The van der Waals surface area contributed by atoms with Gasteiger partial charge in [0, 0.05) is 17.6 Å². The number of aliphatic carboxylic acids is 1. The van der Waals surface area contributed by atoms with E-state index in [1.54, 1.807) is 0 Å². The fourth-order valence-corrected chi connectivity index (χ4v) is 3.74. The number of para-hydroxylation sites is 1. The predicted octanol–water partition coefficient (Wildman–Crippen LogP) is 2.14. The zero-order valence-corrected chi connectivity index (χ0v) is 15.1. The molecule has 1 aliphatic carbocycles. The van der Waals surface area contributed by atoms with E-state index in [0.717, 1.165) is 37.0 Å².